The van der Waals surface area contributed by atoms with Gasteiger partial charge in [0, 0.05) is 13.2 Å². The zero-order valence-corrected chi connectivity index (χ0v) is 6.75. The van der Waals surface area contributed by atoms with E-state index in [-0.39, 0.29) is 5.92 Å². The van der Waals surface area contributed by atoms with Crippen LogP contribution in [0, 0.1) is 11.8 Å². The molecule has 0 aromatic rings. The van der Waals surface area contributed by atoms with Gasteiger partial charge in [0.1, 0.15) is 0 Å². The highest BCUT2D eigenvalue weighted by atomic mass is 16.5. The lowest BCUT2D eigenvalue weighted by molar-refractivity contribution is -0.144. The maximum absolute atomic E-state index is 10.6. The Morgan fingerprint density at radius 2 is 2.09 bits per heavy atom. The van der Waals surface area contributed by atoms with Crippen molar-refractivity contribution < 1.29 is 14.6 Å². The zero-order valence-electron chi connectivity index (χ0n) is 6.75. The van der Waals surface area contributed by atoms with Crippen molar-refractivity contribution in [2.75, 3.05) is 13.2 Å². The summed E-state index contributed by atoms with van der Waals surface area (Å²) < 4.78 is 5.14. The lowest BCUT2D eigenvalue weighted by atomic mass is 9.87. The molecule has 1 aliphatic rings. The Bertz CT molecular complexity index is 138. The third-order valence-electron chi connectivity index (χ3n) is 2.36. The van der Waals surface area contributed by atoms with Gasteiger partial charge in [-0.15, -0.1) is 0 Å². The molecule has 1 heterocycles. The Morgan fingerprint density at radius 3 is 2.55 bits per heavy atom. The van der Waals surface area contributed by atoms with Gasteiger partial charge in [-0.05, 0) is 18.8 Å². The second-order valence-corrected chi connectivity index (χ2v) is 3.08. The second-order valence-electron chi connectivity index (χ2n) is 3.08. The van der Waals surface area contributed by atoms with Gasteiger partial charge >= 0.3 is 5.97 Å². The number of aliphatic carboxylic acids is 1. The first-order chi connectivity index (χ1) is 5.22. The molecule has 1 aliphatic heterocycles. The van der Waals surface area contributed by atoms with Crippen LogP contribution in [0.2, 0.25) is 0 Å². The van der Waals surface area contributed by atoms with E-state index in [2.05, 4.69) is 0 Å². The van der Waals surface area contributed by atoms with Crippen LogP contribution in [0.15, 0.2) is 0 Å². The molecular formula is C8H14O3. The molecule has 1 atom stereocenters. The zero-order chi connectivity index (χ0) is 8.27. The monoisotopic (exact) mass is 158 g/mol. The largest absolute Gasteiger partial charge is 0.481 e. The van der Waals surface area contributed by atoms with Crippen LogP contribution < -0.4 is 0 Å². The fourth-order valence-corrected chi connectivity index (χ4v) is 1.42. The minimum Gasteiger partial charge on any atom is -0.481 e. The molecule has 1 N–H and O–H groups in total. The fourth-order valence-electron chi connectivity index (χ4n) is 1.42. The molecule has 0 radical (unpaired) electrons. The summed E-state index contributed by atoms with van der Waals surface area (Å²) in [6.07, 6.45) is 1.79. The van der Waals surface area contributed by atoms with Gasteiger partial charge in [0.05, 0.1) is 5.92 Å². The molecule has 1 saturated heterocycles. The van der Waals surface area contributed by atoms with E-state index in [0.717, 1.165) is 26.1 Å². The standard InChI is InChI=1S/C8H14O3/c1-6(8(9)10)7-2-4-11-5-3-7/h6-7H,2-5H2,1H3,(H,9,10)/t6-/m0/s1. The van der Waals surface area contributed by atoms with Crippen molar-refractivity contribution in [2.45, 2.75) is 19.8 Å². The third-order valence-corrected chi connectivity index (χ3v) is 2.36. The van der Waals surface area contributed by atoms with Crippen molar-refractivity contribution in [1.82, 2.24) is 0 Å². The Labute approximate surface area is 66.4 Å². The van der Waals surface area contributed by atoms with Crippen molar-refractivity contribution in [3.05, 3.63) is 0 Å². The van der Waals surface area contributed by atoms with E-state index in [1.165, 1.54) is 0 Å². The molecule has 0 bridgehead atoms. The van der Waals surface area contributed by atoms with Crippen LogP contribution in [0.4, 0.5) is 0 Å². The Morgan fingerprint density at radius 1 is 1.55 bits per heavy atom. The predicted octanol–water partition coefficient (Wildman–Crippen LogP) is 1.13. The molecular weight excluding hydrogens is 144 g/mol. The minimum absolute atomic E-state index is 0.209. The van der Waals surface area contributed by atoms with E-state index in [1.807, 2.05) is 0 Å². The van der Waals surface area contributed by atoms with Gasteiger partial charge in [-0.25, -0.2) is 0 Å². The molecule has 3 heteroatoms. The van der Waals surface area contributed by atoms with E-state index in [0.29, 0.717) is 5.92 Å². The first-order valence-electron chi connectivity index (χ1n) is 4.02. The van der Waals surface area contributed by atoms with Gasteiger partial charge in [-0.3, -0.25) is 4.79 Å². The third kappa shape index (κ3) is 2.19. The van der Waals surface area contributed by atoms with Crippen LogP contribution >= 0.6 is 0 Å². The molecule has 64 valence electrons. The molecule has 1 fully saturated rings. The van der Waals surface area contributed by atoms with Gasteiger partial charge in [-0.1, -0.05) is 6.92 Å². The number of hydrogen-bond donors (Lipinski definition) is 1. The summed E-state index contributed by atoms with van der Waals surface area (Å²) in [5.74, 6) is -0.572. The lowest BCUT2D eigenvalue weighted by Gasteiger charge is -2.24. The maximum Gasteiger partial charge on any atom is 0.306 e. The lowest BCUT2D eigenvalue weighted by Crippen LogP contribution is -2.26. The highest BCUT2D eigenvalue weighted by Gasteiger charge is 2.25. The van der Waals surface area contributed by atoms with Gasteiger partial charge < -0.3 is 9.84 Å². The smallest absolute Gasteiger partial charge is 0.306 e. The second kappa shape index (κ2) is 3.72. The van der Waals surface area contributed by atoms with Crippen LogP contribution in [-0.4, -0.2) is 24.3 Å². The number of rotatable bonds is 2. The van der Waals surface area contributed by atoms with E-state index in [4.69, 9.17) is 9.84 Å². The van der Waals surface area contributed by atoms with E-state index in [9.17, 15) is 4.79 Å². The number of carboxylic acids is 1. The molecule has 0 amide bonds. The van der Waals surface area contributed by atoms with Gasteiger partial charge in [0.25, 0.3) is 0 Å². The van der Waals surface area contributed by atoms with Crippen molar-refractivity contribution in [3.63, 3.8) is 0 Å². The van der Waals surface area contributed by atoms with Crippen LogP contribution in [0.1, 0.15) is 19.8 Å². The average molecular weight is 158 g/mol. The number of ether oxygens (including phenoxy) is 1. The van der Waals surface area contributed by atoms with E-state index in [1.54, 1.807) is 6.92 Å². The first-order valence-corrected chi connectivity index (χ1v) is 4.02. The van der Waals surface area contributed by atoms with Crippen molar-refractivity contribution in [3.8, 4) is 0 Å². The molecule has 1 rings (SSSR count). The molecule has 0 saturated carbocycles. The van der Waals surface area contributed by atoms with Crippen LogP contribution in [0.3, 0.4) is 0 Å². The molecule has 0 aromatic heterocycles. The Hall–Kier alpha value is -0.570. The normalized spacial score (nSPS) is 23.0. The van der Waals surface area contributed by atoms with Gasteiger partial charge in [0.15, 0.2) is 0 Å². The summed E-state index contributed by atoms with van der Waals surface area (Å²) in [5.41, 5.74) is 0. The van der Waals surface area contributed by atoms with Crippen molar-refractivity contribution >= 4 is 5.97 Å². The number of carboxylic acid groups (broad SMARTS) is 1. The van der Waals surface area contributed by atoms with Crippen LogP contribution in [0.25, 0.3) is 0 Å². The number of hydrogen-bond acceptors (Lipinski definition) is 2. The van der Waals surface area contributed by atoms with E-state index >= 15 is 0 Å². The molecule has 0 unspecified atom stereocenters. The highest BCUT2D eigenvalue weighted by Crippen LogP contribution is 2.23. The summed E-state index contributed by atoms with van der Waals surface area (Å²) in [6, 6.07) is 0. The van der Waals surface area contributed by atoms with Gasteiger partial charge in [-0.2, -0.15) is 0 Å². The maximum atomic E-state index is 10.6. The van der Waals surface area contributed by atoms with Crippen LogP contribution in [-0.2, 0) is 9.53 Å². The first kappa shape index (κ1) is 8.53. The summed E-state index contributed by atoms with van der Waals surface area (Å²) in [6.45, 7) is 3.23. The van der Waals surface area contributed by atoms with Crippen LogP contribution in [0.5, 0.6) is 0 Å². The molecule has 11 heavy (non-hydrogen) atoms. The van der Waals surface area contributed by atoms with Crippen molar-refractivity contribution in [1.29, 1.82) is 0 Å². The summed E-state index contributed by atoms with van der Waals surface area (Å²) in [7, 11) is 0. The molecule has 0 spiro atoms. The molecule has 0 aliphatic carbocycles. The summed E-state index contributed by atoms with van der Waals surface area (Å²) >= 11 is 0. The molecule has 0 aromatic carbocycles. The Kier molecular flexibility index (Phi) is 2.88. The van der Waals surface area contributed by atoms with Gasteiger partial charge in [0.2, 0.25) is 0 Å². The van der Waals surface area contributed by atoms with E-state index < -0.39 is 5.97 Å². The summed E-state index contributed by atoms with van der Waals surface area (Å²) in [4.78, 5) is 10.6. The fraction of sp³-hybridized carbons (Fsp3) is 0.875. The minimum atomic E-state index is -0.683. The number of carbonyl (C=O) groups is 1. The topological polar surface area (TPSA) is 46.5 Å². The average Bonchev–Trinajstić information content (AvgIpc) is 2.05. The summed E-state index contributed by atoms with van der Waals surface area (Å²) in [5, 5.41) is 8.69. The highest BCUT2D eigenvalue weighted by molar-refractivity contribution is 5.69. The predicted molar refractivity (Wildman–Crippen MR) is 40.3 cm³/mol. The quantitative estimate of drug-likeness (QED) is 0.655. The SMILES string of the molecule is C[C@H](C(=O)O)C1CCOCC1. The molecule has 3 nitrogen and oxygen atoms in total. The Balaban J connectivity index is 2.38. The van der Waals surface area contributed by atoms with Crippen molar-refractivity contribution in [2.24, 2.45) is 11.8 Å².